The zero-order valence-electron chi connectivity index (χ0n) is 22.0. The largest absolute Gasteiger partial charge is 0.465 e. The number of pyridine rings is 1. The van der Waals surface area contributed by atoms with Gasteiger partial charge in [0.15, 0.2) is 0 Å². The molecule has 4 rings (SSSR count). The van der Waals surface area contributed by atoms with Crippen LogP contribution in [0, 0.1) is 5.92 Å². The lowest BCUT2D eigenvalue weighted by Gasteiger charge is -2.30. The van der Waals surface area contributed by atoms with Crippen LogP contribution in [0.1, 0.15) is 61.3 Å². The van der Waals surface area contributed by atoms with Gasteiger partial charge in [0, 0.05) is 30.6 Å². The van der Waals surface area contributed by atoms with Gasteiger partial charge in [-0.3, -0.25) is 4.90 Å². The number of fused-ring (bicyclic) bond motifs is 1. The average Bonchev–Trinajstić information content (AvgIpc) is 3.39. The number of rotatable bonds is 9. The van der Waals surface area contributed by atoms with Crippen molar-refractivity contribution in [2.75, 3.05) is 18.0 Å². The molecule has 40 heavy (non-hydrogen) atoms. The zero-order valence-corrected chi connectivity index (χ0v) is 22.0. The molecule has 1 N–H and O–H groups in total. The maximum atomic E-state index is 13.4. The van der Waals surface area contributed by atoms with Crippen molar-refractivity contribution in [1.29, 1.82) is 0 Å². The molecular weight excluding hydrogens is 536 g/mol. The number of hydrogen-bond donors (Lipinski definition) is 1. The quantitative estimate of drug-likeness (QED) is 0.264. The average molecular weight is 568 g/mol. The van der Waals surface area contributed by atoms with Crippen LogP contribution >= 0.6 is 0 Å². The molecule has 216 valence electrons. The molecule has 1 fully saturated rings. The van der Waals surface area contributed by atoms with Crippen LogP contribution in [-0.4, -0.2) is 34.2 Å². The highest BCUT2D eigenvalue weighted by Gasteiger charge is 2.37. The molecule has 1 aliphatic carbocycles. The molecule has 1 aliphatic rings. The molecular formula is C29H31F6N3O2. The summed E-state index contributed by atoms with van der Waals surface area (Å²) in [6, 6.07) is 10.3. The van der Waals surface area contributed by atoms with Crippen LogP contribution in [0.3, 0.4) is 0 Å². The summed E-state index contributed by atoms with van der Waals surface area (Å²) in [4.78, 5) is 20.1. The number of carboxylic acid groups (broad SMARTS) is 1. The lowest BCUT2D eigenvalue weighted by Crippen LogP contribution is -2.33. The summed E-state index contributed by atoms with van der Waals surface area (Å²) < 4.78 is 80.4. The van der Waals surface area contributed by atoms with Crippen LogP contribution < -0.4 is 4.90 Å². The number of anilines is 1. The summed E-state index contributed by atoms with van der Waals surface area (Å²) in [5.74, 6) is 1.05. The monoisotopic (exact) mass is 567 g/mol. The van der Waals surface area contributed by atoms with E-state index in [0.717, 1.165) is 48.9 Å². The van der Waals surface area contributed by atoms with Gasteiger partial charge in [0.25, 0.3) is 0 Å². The first-order chi connectivity index (χ1) is 18.8. The van der Waals surface area contributed by atoms with E-state index in [1.54, 1.807) is 6.07 Å². The third-order valence-electron chi connectivity index (χ3n) is 7.18. The van der Waals surface area contributed by atoms with E-state index < -0.39 is 41.7 Å². The fourth-order valence-corrected chi connectivity index (χ4v) is 5.33. The maximum Gasteiger partial charge on any atom is 0.416 e. The number of benzene rings is 2. The van der Waals surface area contributed by atoms with Crippen molar-refractivity contribution in [2.24, 2.45) is 5.92 Å². The molecule has 1 saturated carbocycles. The van der Waals surface area contributed by atoms with Gasteiger partial charge < -0.3 is 10.0 Å². The van der Waals surface area contributed by atoms with E-state index in [0.29, 0.717) is 41.5 Å². The first-order valence-corrected chi connectivity index (χ1v) is 13.2. The molecule has 1 heterocycles. The van der Waals surface area contributed by atoms with Crippen LogP contribution in [0.2, 0.25) is 0 Å². The van der Waals surface area contributed by atoms with Crippen molar-refractivity contribution in [3.8, 4) is 0 Å². The molecule has 0 spiro atoms. The number of alkyl halides is 6. The molecule has 0 unspecified atom stereocenters. The molecule has 2 aromatic carbocycles. The Morgan fingerprint density at radius 2 is 1.57 bits per heavy atom. The Labute approximate surface area is 228 Å². The lowest BCUT2D eigenvalue weighted by molar-refractivity contribution is -0.143. The molecule has 1 aromatic heterocycles. The molecule has 0 aliphatic heterocycles. The first kappa shape index (κ1) is 29.5. The molecule has 0 bridgehead atoms. The van der Waals surface area contributed by atoms with Crippen molar-refractivity contribution in [3.63, 3.8) is 0 Å². The third-order valence-corrected chi connectivity index (χ3v) is 7.18. The zero-order chi connectivity index (χ0) is 29.1. The van der Waals surface area contributed by atoms with E-state index in [9.17, 15) is 36.2 Å². The Kier molecular flexibility index (Phi) is 8.80. The Morgan fingerprint density at radius 1 is 0.950 bits per heavy atom. The first-order valence-electron chi connectivity index (χ1n) is 13.2. The van der Waals surface area contributed by atoms with E-state index in [4.69, 9.17) is 4.98 Å². The fourth-order valence-electron chi connectivity index (χ4n) is 5.33. The van der Waals surface area contributed by atoms with Crippen LogP contribution in [0.15, 0.2) is 48.5 Å². The Bertz CT molecular complexity index is 1300. The van der Waals surface area contributed by atoms with Crippen molar-refractivity contribution < 1.29 is 36.2 Å². The standard InChI is InChI=1S/C29H31F6N3O2/c1-2-11-37(16-19-7-3-4-8-19)26-22(14-21-9-5-6-10-25(21)36-26)18-38(27(39)40)17-20-12-23(28(30,31)32)15-24(13-20)29(33,34)35/h5-6,9-10,12-15,19H,2-4,7-8,11,16-18H2,1H3,(H,39,40). The number of amides is 1. The number of para-hydroxylation sites is 1. The molecule has 5 nitrogen and oxygen atoms in total. The van der Waals surface area contributed by atoms with Gasteiger partial charge in [-0.2, -0.15) is 26.3 Å². The van der Waals surface area contributed by atoms with Crippen molar-refractivity contribution in [1.82, 2.24) is 9.88 Å². The second-order valence-electron chi connectivity index (χ2n) is 10.3. The summed E-state index contributed by atoms with van der Waals surface area (Å²) in [5.41, 5.74) is -2.13. The second-order valence-corrected chi connectivity index (χ2v) is 10.3. The summed E-state index contributed by atoms with van der Waals surface area (Å²) in [7, 11) is 0. The minimum Gasteiger partial charge on any atom is -0.465 e. The Balaban J connectivity index is 1.73. The maximum absolute atomic E-state index is 13.4. The van der Waals surface area contributed by atoms with Gasteiger partial charge in [0.05, 0.1) is 23.2 Å². The highest BCUT2D eigenvalue weighted by atomic mass is 19.4. The summed E-state index contributed by atoms with van der Waals surface area (Å²) in [6.45, 7) is 2.51. The van der Waals surface area contributed by atoms with Crippen LogP contribution in [0.4, 0.5) is 37.0 Å². The molecule has 1 amide bonds. The van der Waals surface area contributed by atoms with Crippen molar-refractivity contribution >= 4 is 22.8 Å². The predicted octanol–water partition coefficient (Wildman–Crippen LogP) is 8.36. The number of carbonyl (C=O) groups is 1. The van der Waals surface area contributed by atoms with E-state index in [-0.39, 0.29) is 12.6 Å². The number of halogens is 6. The SMILES string of the molecule is CCCN(CC1CCCC1)c1nc2ccccc2cc1CN(Cc1cc(C(F)(F)F)cc(C(F)(F)F)c1)C(=O)O. The van der Waals surface area contributed by atoms with Crippen LogP contribution in [-0.2, 0) is 25.4 Å². The van der Waals surface area contributed by atoms with Gasteiger partial charge >= 0.3 is 18.4 Å². The highest BCUT2D eigenvalue weighted by molar-refractivity contribution is 5.82. The van der Waals surface area contributed by atoms with E-state index >= 15 is 0 Å². The summed E-state index contributed by atoms with van der Waals surface area (Å²) in [5, 5.41) is 10.7. The van der Waals surface area contributed by atoms with E-state index in [1.165, 1.54) is 0 Å². The molecule has 3 aromatic rings. The number of nitrogens with zero attached hydrogens (tertiary/aromatic N) is 3. The topological polar surface area (TPSA) is 56.7 Å². The fraction of sp³-hybridized carbons (Fsp3) is 0.448. The van der Waals surface area contributed by atoms with Gasteiger partial charge in [-0.05, 0) is 61.1 Å². The number of hydrogen-bond acceptors (Lipinski definition) is 3. The second kappa shape index (κ2) is 11.9. The number of aromatic nitrogens is 1. The van der Waals surface area contributed by atoms with Crippen LogP contribution in [0.5, 0.6) is 0 Å². The molecule has 0 saturated heterocycles. The van der Waals surface area contributed by atoms with Crippen molar-refractivity contribution in [3.05, 3.63) is 70.8 Å². The smallest absolute Gasteiger partial charge is 0.416 e. The van der Waals surface area contributed by atoms with Gasteiger partial charge in [0.2, 0.25) is 0 Å². The molecule has 0 radical (unpaired) electrons. The van der Waals surface area contributed by atoms with E-state index in [2.05, 4.69) is 4.90 Å². The summed E-state index contributed by atoms with van der Waals surface area (Å²) >= 11 is 0. The van der Waals surface area contributed by atoms with Gasteiger partial charge in [-0.25, -0.2) is 9.78 Å². The molecule has 11 heteroatoms. The Morgan fingerprint density at radius 3 is 2.15 bits per heavy atom. The van der Waals surface area contributed by atoms with Gasteiger partial charge in [0.1, 0.15) is 5.82 Å². The highest BCUT2D eigenvalue weighted by Crippen LogP contribution is 2.37. The lowest BCUT2D eigenvalue weighted by atomic mass is 10.0. The van der Waals surface area contributed by atoms with E-state index in [1.807, 2.05) is 31.2 Å². The minimum atomic E-state index is -5.03. The minimum absolute atomic E-state index is 0.0333. The predicted molar refractivity (Wildman–Crippen MR) is 140 cm³/mol. The van der Waals surface area contributed by atoms with Gasteiger partial charge in [-0.1, -0.05) is 38.0 Å². The van der Waals surface area contributed by atoms with Gasteiger partial charge in [-0.15, -0.1) is 0 Å². The van der Waals surface area contributed by atoms with Crippen molar-refractivity contribution in [2.45, 2.75) is 64.5 Å². The van der Waals surface area contributed by atoms with Crippen LogP contribution in [0.25, 0.3) is 10.9 Å². The third kappa shape index (κ3) is 7.17. The molecule has 0 atom stereocenters. The normalized spacial score (nSPS) is 14.6. The Hall–Kier alpha value is -3.50. The summed E-state index contributed by atoms with van der Waals surface area (Å²) in [6.07, 6.45) is -6.25.